The van der Waals surface area contributed by atoms with E-state index in [0.717, 1.165) is 19.4 Å². The minimum absolute atomic E-state index is 0.285. The molecular formula is C11H29NO2Si2. The Morgan fingerprint density at radius 1 is 0.938 bits per heavy atom. The average molecular weight is 264 g/mol. The predicted octanol–water partition coefficient (Wildman–Crippen LogP) is 2.80. The van der Waals surface area contributed by atoms with Crippen molar-refractivity contribution in [2.24, 2.45) is 5.73 Å². The fourth-order valence-corrected chi connectivity index (χ4v) is 3.41. The van der Waals surface area contributed by atoms with Crippen LogP contribution in [0.15, 0.2) is 0 Å². The van der Waals surface area contributed by atoms with E-state index >= 15 is 0 Å². The van der Waals surface area contributed by atoms with Gasteiger partial charge in [-0.25, -0.2) is 0 Å². The molecule has 0 amide bonds. The average Bonchev–Trinajstić information content (AvgIpc) is 1.98. The zero-order valence-corrected chi connectivity index (χ0v) is 13.8. The third-order valence-corrected chi connectivity index (χ3v) is 4.09. The van der Waals surface area contributed by atoms with Crippen molar-refractivity contribution in [2.45, 2.75) is 58.2 Å². The first kappa shape index (κ1) is 16.3. The van der Waals surface area contributed by atoms with Crippen molar-refractivity contribution >= 4 is 16.6 Å². The van der Waals surface area contributed by atoms with Gasteiger partial charge in [-0.15, -0.1) is 0 Å². The molecule has 98 valence electrons. The number of hydrogen-bond donors (Lipinski definition) is 1. The van der Waals surface area contributed by atoms with Gasteiger partial charge in [0.05, 0.1) is 0 Å². The summed E-state index contributed by atoms with van der Waals surface area (Å²) in [6, 6.07) is 0. The molecule has 2 N–H and O–H groups in total. The van der Waals surface area contributed by atoms with E-state index in [4.69, 9.17) is 14.6 Å². The summed E-state index contributed by atoms with van der Waals surface area (Å²) in [5.74, 6) is 0. The molecule has 0 aromatic carbocycles. The highest BCUT2D eigenvalue weighted by molar-refractivity contribution is 6.70. The first-order valence-corrected chi connectivity index (χ1v) is 13.0. The van der Waals surface area contributed by atoms with Crippen LogP contribution in [0.3, 0.4) is 0 Å². The molecule has 0 aliphatic carbocycles. The SMILES string of the molecule is C[Si](C)(C)OCCC(CCN)O[Si](C)(C)C. The van der Waals surface area contributed by atoms with E-state index in [1.807, 2.05) is 0 Å². The maximum absolute atomic E-state index is 6.09. The fraction of sp³-hybridized carbons (Fsp3) is 1.00. The summed E-state index contributed by atoms with van der Waals surface area (Å²) < 4.78 is 11.9. The Morgan fingerprint density at radius 3 is 1.88 bits per heavy atom. The molecule has 0 heterocycles. The lowest BCUT2D eigenvalue weighted by molar-refractivity contribution is 0.147. The molecule has 0 radical (unpaired) electrons. The molecule has 0 aliphatic rings. The summed E-state index contributed by atoms with van der Waals surface area (Å²) in [5, 5.41) is 0. The lowest BCUT2D eigenvalue weighted by Gasteiger charge is -2.27. The zero-order valence-electron chi connectivity index (χ0n) is 11.8. The van der Waals surface area contributed by atoms with E-state index < -0.39 is 16.6 Å². The molecular weight excluding hydrogens is 234 g/mol. The van der Waals surface area contributed by atoms with Crippen LogP contribution in [0.5, 0.6) is 0 Å². The van der Waals surface area contributed by atoms with Crippen LogP contribution in [-0.4, -0.2) is 35.9 Å². The van der Waals surface area contributed by atoms with Crippen LogP contribution in [-0.2, 0) is 8.85 Å². The topological polar surface area (TPSA) is 44.5 Å². The molecule has 0 bridgehead atoms. The Labute approximate surface area is 103 Å². The molecule has 1 atom stereocenters. The third kappa shape index (κ3) is 10.8. The van der Waals surface area contributed by atoms with Gasteiger partial charge in [0.1, 0.15) is 0 Å². The van der Waals surface area contributed by atoms with Crippen LogP contribution in [0.2, 0.25) is 39.3 Å². The zero-order chi connectivity index (χ0) is 12.8. The van der Waals surface area contributed by atoms with Gasteiger partial charge in [0, 0.05) is 12.7 Å². The molecule has 0 rings (SSSR count). The molecule has 0 fully saturated rings. The maximum Gasteiger partial charge on any atom is 0.184 e. The number of nitrogens with two attached hydrogens (primary N) is 1. The van der Waals surface area contributed by atoms with Crippen molar-refractivity contribution in [1.82, 2.24) is 0 Å². The maximum atomic E-state index is 6.09. The Morgan fingerprint density at radius 2 is 1.50 bits per heavy atom. The highest BCUT2D eigenvalue weighted by Gasteiger charge is 2.21. The van der Waals surface area contributed by atoms with Gasteiger partial charge in [-0.05, 0) is 58.7 Å². The minimum Gasteiger partial charge on any atom is -0.418 e. The van der Waals surface area contributed by atoms with Gasteiger partial charge in [-0.2, -0.15) is 0 Å². The Kier molecular flexibility index (Phi) is 7.04. The van der Waals surface area contributed by atoms with Gasteiger partial charge in [0.25, 0.3) is 0 Å². The summed E-state index contributed by atoms with van der Waals surface area (Å²) in [5.41, 5.74) is 5.61. The van der Waals surface area contributed by atoms with E-state index in [2.05, 4.69) is 39.3 Å². The van der Waals surface area contributed by atoms with Gasteiger partial charge in [0.15, 0.2) is 16.6 Å². The highest BCUT2D eigenvalue weighted by atomic mass is 28.4. The Bertz CT molecular complexity index is 187. The lowest BCUT2D eigenvalue weighted by atomic mass is 10.2. The Hall–Kier alpha value is 0.314. The predicted molar refractivity (Wildman–Crippen MR) is 75.8 cm³/mol. The van der Waals surface area contributed by atoms with E-state index in [1.54, 1.807) is 0 Å². The smallest absolute Gasteiger partial charge is 0.184 e. The summed E-state index contributed by atoms with van der Waals surface area (Å²) in [6.45, 7) is 14.8. The van der Waals surface area contributed by atoms with Crippen molar-refractivity contribution in [2.75, 3.05) is 13.2 Å². The van der Waals surface area contributed by atoms with E-state index in [0.29, 0.717) is 6.54 Å². The summed E-state index contributed by atoms with van der Waals surface area (Å²) >= 11 is 0. The number of rotatable bonds is 8. The fourth-order valence-electron chi connectivity index (χ4n) is 1.44. The van der Waals surface area contributed by atoms with E-state index in [1.165, 1.54) is 0 Å². The van der Waals surface area contributed by atoms with Crippen LogP contribution >= 0.6 is 0 Å². The van der Waals surface area contributed by atoms with Crippen molar-refractivity contribution < 1.29 is 8.85 Å². The lowest BCUT2D eigenvalue weighted by Crippen LogP contribution is -2.35. The quantitative estimate of drug-likeness (QED) is 0.685. The van der Waals surface area contributed by atoms with Gasteiger partial charge in [-0.3, -0.25) is 0 Å². The van der Waals surface area contributed by atoms with Crippen LogP contribution in [0.25, 0.3) is 0 Å². The second kappa shape index (κ2) is 6.91. The second-order valence-electron chi connectivity index (χ2n) is 6.18. The monoisotopic (exact) mass is 263 g/mol. The van der Waals surface area contributed by atoms with Crippen molar-refractivity contribution in [3.63, 3.8) is 0 Å². The molecule has 0 spiro atoms. The van der Waals surface area contributed by atoms with Crippen molar-refractivity contribution in [3.05, 3.63) is 0 Å². The van der Waals surface area contributed by atoms with E-state index in [-0.39, 0.29) is 6.10 Å². The van der Waals surface area contributed by atoms with Crippen LogP contribution < -0.4 is 5.73 Å². The molecule has 3 nitrogen and oxygen atoms in total. The molecule has 1 unspecified atom stereocenters. The number of hydrogen-bond acceptors (Lipinski definition) is 3. The van der Waals surface area contributed by atoms with Crippen LogP contribution in [0, 0.1) is 0 Å². The van der Waals surface area contributed by atoms with Crippen LogP contribution in [0.4, 0.5) is 0 Å². The van der Waals surface area contributed by atoms with Gasteiger partial charge >= 0.3 is 0 Å². The summed E-state index contributed by atoms with van der Waals surface area (Å²) in [6.07, 6.45) is 2.21. The first-order valence-electron chi connectivity index (χ1n) is 6.16. The normalized spacial score (nSPS) is 15.2. The molecule has 0 aliphatic heterocycles. The van der Waals surface area contributed by atoms with E-state index in [9.17, 15) is 0 Å². The molecule has 16 heavy (non-hydrogen) atoms. The van der Waals surface area contributed by atoms with Gasteiger partial charge < -0.3 is 14.6 Å². The summed E-state index contributed by atoms with van der Waals surface area (Å²) in [7, 11) is -2.83. The van der Waals surface area contributed by atoms with Crippen molar-refractivity contribution in [1.29, 1.82) is 0 Å². The standard InChI is InChI=1S/C11H29NO2Si2/c1-15(2,3)13-10-8-11(7-9-12)14-16(4,5)6/h11H,7-10,12H2,1-6H3. The molecule has 0 aromatic heterocycles. The second-order valence-corrected chi connectivity index (χ2v) is 15.2. The molecule has 0 saturated heterocycles. The van der Waals surface area contributed by atoms with Crippen LogP contribution in [0.1, 0.15) is 12.8 Å². The Balaban J connectivity index is 3.95. The summed E-state index contributed by atoms with van der Waals surface area (Å²) in [4.78, 5) is 0. The van der Waals surface area contributed by atoms with Gasteiger partial charge in [0.2, 0.25) is 0 Å². The largest absolute Gasteiger partial charge is 0.418 e. The first-order chi connectivity index (χ1) is 7.14. The molecule has 5 heteroatoms. The minimum atomic E-state index is -1.45. The third-order valence-electron chi connectivity index (χ3n) is 1.98. The van der Waals surface area contributed by atoms with Crippen molar-refractivity contribution in [3.8, 4) is 0 Å². The molecule has 0 saturated carbocycles. The molecule has 0 aromatic rings. The van der Waals surface area contributed by atoms with Gasteiger partial charge in [-0.1, -0.05) is 0 Å². The highest BCUT2D eigenvalue weighted by Crippen LogP contribution is 2.14.